The molecule has 0 bridgehead atoms. The first-order valence-electron chi connectivity index (χ1n) is 6.27. The maximum absolute atomic E-state index is 6.02. The minimum atomic E-state index is 0.448. The van der Waals surface area contributed by atoms with E-state index in [0.29, 0.717) is 6.10 Å². The summed E-state index contributed by atoms with van der Waals surface area (Å²) in [5.41, 5.74) is 1.10. The average molecular weight is 255 g/mol. The largest absolute Gasteiger partial charge is 0.378 e. The van der Waals surface area contributed by atoms with E-state index in [4.69, 9.17) is 16.3 Å². The molecule has 1 aromatic rings. The van der Waals surface area contributed by atoms with Gasteiger partial charge in [0.2, 0.25) is 0 Å². The van der Waals surface area contributed by atoms with Crippen LogP contribution < -0.4 is 5.32 Å². The highest BCUT2D eigenvalue weighted by molar-refractivity contribution is 6.31. The van der Waals surface area contributed by atoms with E-state index in [2.05, 4.69) is 10.3 Å². The second-order valence-electron chi connectivity index (χ2n) is 4.42. The number of ether oxygens (including phenoxy) is 1. The number of aromatic nitrogens is 1. The Morgan fingerprint density at radius 2 is 2.41 bits per heavy atom. The number of hydrogen-bond donors (Lipinski definition) is 1. The van der Waals surface area contributed by atoms with Crippen molar-refractivity contribution in [3.63, 3.8) is 0 Å². The molecule has 1 unspecified atom stereocenters. The van der Waals surface area contributed by atoms with Gasteiger partial charge in [-0.25, -0.2) is 0 Å². The van der Waals surface area contributed by atoms with Crippen LogP contribution in [0.4, 0.5) is 0 Å². The van der Waals surface area contributed by atoms with Gasteiger partial charge in [0.1, 0.15) is 0 Å². The molecule has 0 spiro atoms. The van der Waals surface area contributed by atoms with E-state index >= 15 is 0 Å². The van der Waals surface area contributed by atoms with E-state index in [-0.39, 0.29) is 0 Å². The van der Waals surface area contributed by atoms with Crippen LogP contribution in [-0.4, -0.2) is 24.2 Å². The second kappa shape index (κ2) is 6.94. The molecule has 3 nitrogen and oxygen atoms in total. The smallest absolute Gasteiger partial charge is 0.0634 e. The van der Waals surface area contributed by atoms with Gasteiger partial charge in [0, 0.05) is 25.5 Å². The van der Waals surface area contributed by atoms with Gasteiger partial charge >= 0.3 is 0 Å². The van der Waals surface area contributed by atoms with Crippen molar-refractivity contribution in [2.45, 2.75) is 38.3 Å². The highest BCUT2D eigenvalue weighted by atomic mass is 35.5. The Labute approximate surface area is 108 Å². The van der Waals surface area contributed by atoms with E-state index in [1.165, 1.54) is 19.3 Å². The highest BCUT2D eigenvalue weighted by Crippen LogP contribution is 2.15. The van der Waals surface area contributed by atoms with Crippen molar-refractivity contribution in [2.75, 3.05) is 13.2 Å². The second-order valence-corrected chi connectivity index (χ2v) is 4.83. The summed E-state index contributed by atoms with van der Waals surface area (Å²) in [6.07, 6.45) is 8.72. The number of halogens is 1. The number of nitrogens with one attached hydrogen (secondary N) is 1. The zero-order valence-electron chi connectivity index (χ0n) is 9.99. The molecule has 17 heavy (non-hydrogen) atoms. The lowest BCUT2D eigenvalue weighted by molar-refractivity contribution is 0.0115. The predicted octanol–water partition coefficient (Wildman–Crippen LogP) is 2.78. The molecule has 1 saturated heterocycles. The van der Waals surface area contributed by atoms with Crippen molar-refractivity contribution in [1.82, 2.24) is 10.3 Å². The fourth-order valence-electron chi connectivity index (χ4n) is 2.07. The molecular formula is C13H19ClN2O. The molecule has 1 aromatic heterocycles. The van der Waals surface area contributed by atoms with Crippen LogP contribution in [0.3, 0.4) is 0 Å². The van der Waals surface area contributed by atoms with Gasteiger partial charge in [0.15, 0.2) is 0 Å². The van der Waals surface area contributed by atoms with Gasteiger partial charge in [0.25, 0.3) is 0 Å². The topological polar surface area (TPSA) is 34.2 Å². The Balaban J connectivity index is 1.64. The van der Waals surface area contributed by atoms with E-state index < -0.39 is 0 Å². The molecule has 0 aliphatic carbocycles. The number of nitrogens with zero attached hydrogens (tertiary/aromatic N) is 1. The highest BCUT2D eigenvalue weighted by Gasteiger charge is 2.12. The molecule has 0 saturated carbocycles. The SMILES string of the molecule is Clc1cnccc1CNCCC1CCCCO1. The molecule has 1 fully saturated rings. The van der Waals surface area contributed by atoms with Crippen molar-refractivity contribution < 1.29 is 4.74 Å². The van der Waals surface area contributed by atoms with E-state index in [9.17, 15) is 0 Å². The first-order valence-corrected chi connectivity index (χ1v) is 6.65. The van der Waals surface area contributed by atoms with E-state index in [1.54, 1.807) is 12.4 Å². The van der Waals surface area contributed by atoms with Crippen LogP contribution >= 0.6 is 11.6 Å². The van der Waals surface area contributed by atoms with Gasteiger partial charge in [-0.05, 0) is 43.9 Å². The minimum Gasteiger partial charge on any atom is -0.378 e. The first kappa shape index (κ1) is 12.8. The molecule has 0 aromatic carbocycles. The molecule has 4 heteroatoms. The van der Waals surface area contributed by atoms with Crippen molar-refractivity contribution in [1.29, 1.82) is 0 Å². The third kappa shape index (κ3) is 4.26. The lowest BCUT2D eigenvalue weighted by Crippen LogP contribution is -2.25. The standard InChI is InChI=1S/C13H19ClN2O/c14-13-10-16-6-4-11(13)9-15-7-5-12-3-1-2-8-17-12/h4,6,10,12,15H,1-3,5,7-9H2. The molecule has 1 N–H and O–H groups in total. The molecule has 94 valence electrons. The number of hydrogen-bond acceptors (Lipinski definition) is 3. The van der Waals surface area contributed by atoms with Gasteiger partial charge in [-0.2, -0.15) is 0 Å². The van der Waals surface area contributed by atoms with Gasteiger partial charge < -0.3 is 10.1 Å². The Kier molecular flexibility index (Phi) is 5.23. The van der Waals surface area contributed by atoms with Crippen molar-refractivity contribution in [3.05, 3.63) is 29.0 Å². The van der Waals surface area contributed by atoms with Crippen LogP contribution in [0.2, 0.25) is 5.02 Å². The summed E-state index contributed by atoms with van der Waals surface area (Å²) in [5.74, 6) is 0. The fourth-order valence-corrected chi connectivity index (χ4v) is 2.25. The zero-order valence-corrected chi connectivity index (χ0v) is 10.7. The summed E-state index contributed by atoms with van der Waals surface area (Å²) >= 11 is 6.02. The molecule has 1 aliphatic heterocycles. The normalized spacial score (nSPS) is 20.4. The van der Waals surface area contributed by atoms with Crippen LogP contribution in [0.25, 0.3) is 0 Å². The Morgan fingerprint density at radius 3 is 3.18 bits per heavy atom. The maximum atomic E-state index is 6.02. The van der Waals surface area contributed by atoms with E-state index in [1.807, 2.05) is 6.07 Å². The Morgan fingerprint density at radius 1 is 1.47 bits per heavy atom. The summed E-state index contributed by atoms with van der Waals surface area (Å²) in [7, 11) is 0. The zero-order chi connectivity index (χ0) is 11.9. The quantitative estimate of drug-likeness (QED) is 0.821. The third-order valence-electron chi connectivity index (χ3n) is 3.09. The molecule has 1 aliphatic rings. The van der Waals surface area contributed by atoms with E-state index in [0.717, 1.165) is 36.7 Å². The summed E-state index contributed by atoms with van der Waals surface area (Å²) < 4.78 is 5.68. The third-order valence-corrected chi connectivity index (χ3v) is 3.43. The lowest BCUT2D eigenvalue weighted by Gasteiger charge is -2.22. The monoisotopic (exact) mass is 254 g/mol. The Hall–Kier alpha value is -0.640. The first-order chi connectivity index (χ1) is 8.36. The van der Waals surface area contributed by atoms with Crippen LogP contribution in [0.1, 0.15) is 31.2 Å². The summed E-state index contributed by atoms with van der Waals surface area (Å²) in [4.78, 5) is 3.97. The average Bonchev–Trinajstić information content (AvgIpc) is 2.38. The molecule has 0 radical (unpaired) electrons. The van der Waals surface area contributed by atoms with Crippen molar-refractivity contribution in [2.24, 2.45) is 0 Å². The molecule has 0 amide bonds. The maximum Gasteiger partial charge on any atom is 0.0634 e. The van der Waals surface area contributed by atoms with Gasteiger partial charge in [-0.15, -0.1) is 0 Å². The predicted molar refractivity (Wildman–Crippen MR) is 69.2 cm³/mol. The van der Waals surface area contributed by atoms with Crippen LogP contribution in [-0.2, 0) is 11.3 Å². The number of rotatable bonds is 5. The lowest BCUT2D eigenvalue weighted by atomic mass is 10.1. The summed E-state index contributed by atoms with van der Waals surface area (Å²) in [6, 6.07) is 1.95. The molecule has 2 heterocycles. The molecule has 1 atom stereocenters. The summed E-state index contributed by atoms with van der Waals surface area (Å²) in [6.45, 7) is 2.71. The van der Waals surface area contributed by atoms with Gasteiger partial charge in [-0.3, -0.25) is 4.98 Å². The molecular weight excluding hydrogens is 236 g/mol. The van der Waals surface area contributed by atoms with Gasteiger partial charge in [-0.1, -0.05) is 11.6 Å². The van der Waals surface area contributed by atoms with Crippen LogP contribution in [0, 0.1) is 0 Å². The van der Waals surface area contributed by atoms with Crippen LogP contribution in [0.5, 0.6) is 0 Å². The number of pyridine rings is 1. The summed E-state index contributed by atoms with van der Waals surface area (Å²) in [5, 5.41) is 4.13. The van der Waals surface area contributed by atoms with Crippen LogP contribution in [0.15, 0.2) is 18.5 Å². The van der Waals surface area contributed by atoms with Crippen molar-refractivity contribution >= 4 is 11.6 Å². The minimum absolute atomic E-state index is 0.448. The fraction of sp³-hybridized carbons (Fsp3) is 0.615. The van der Waals surface area contributed by atoms with Crippen molar-refractivity contribution in [3.8, 4) is 0 Å². The molecule has 2 rings (SSSR count). The Bertz CT molecular complexity index is 340. The van der Waals surface area contributed by atoms with Gasteiger partial charge in [0.05, 0.1) is 11.1 Å².